The lowest BCUT2D eigenvalue weighted by Gasteiger charge is -2.25. The summed E-state index contributed by atoms with van der Waals surface area (Å²) in [6.07, 6.45) is 1.83. The molecule has 0 aliphatic carbocycles. The molecule has 1 unspecified atom stereocenters. The number of rotatable bonds is 1. The summed E-state index contributed by atoms with van der Waals surface area (Å²) in [5.41, 5.74) is 1.27. The molecular weight excluding hydrogens is 160 g/mol. The zero-order chi connectivity index (χ0) is 10.1. The lowest BCUT2D eigenvalue weighted by atomic mass is 9.81. The average molecular weight is 178 g/mol. The monoisotopic (exact) mass is 178 g/mol. The predicted octanol–water partition coefficient (Wildman–Crippen LogP) is 2.93. The minimum Gasteiger partial charge on any atom is -0.241 e. The van der Waals surface area contributed by atoms with Gasteiger partial charge in [-0.25, -0.2) is 9.97 Å². The molecular formula is C11H18N2. The first-order chi connectivity index (χ1) is 5.91. The van der Waals surface area contributed by atoms with Gasteiger partial charge in [0, 0.05) is 17.8 Å². The highest BCUT2D eigenvalue weighted by Gasteiger charge is 2.23. The van der Waals surface area contributed by atoms with Crippen LogP contribution in [0.5, 0.6) is 0 Å². The maximum Gasteiger partial charge on any atom is 0.131 e. The van der Waals surface area contributed by atoms with E-state index in [9.17, 15) is 0 Å². The van der Waals surface area contributed by atoms with Crippen LogP contribution in [0, 0.1) is 12.3 Å². The molecule has 0 fully saturated rings. The second-order valence-corrected chi connectivity index (χ2v) is 4.64. The Morgan fingerprint density at radius 3 is 2.38 bits per heavy atom. The molecule has 1 aromatic heterocycles. The van der Waals surface area contributed by atoms with Crippen LogP contribution in [0.4, 0.5) is 0 Å². The molecule has 0 N–H and O–H groups in total. The Hall–Kier alpha value is -0.920. The van der Waals surface area contributed by atoms with Crippen LogP contribution in [0.15, 0.2) is 12.3 Å². The molecule has 2 nitrogen and oxygen atoms in total. The first-order valence-electron chi connectivity index (χ1n) is 4.71. The summed E-state index contributed by atoms with van der Waals surface area (Å²) in [6.45, 7) is 10.8. The molecule has 0 radical (unpaired) electrons. The van der Waals surface area contributed by atoms with Gasteiger partial charge >= 0.3 is 0 Å². The van der Waals surface area contributed by atoms with E-state index in [4.69, 9.17) is 0 Å². The quantitative estimate of drug-likeness (QED) is 0.660. The van der Waals surface area contributed by atoms with E-state index in [1.54, 1.807) is 0 Å². The van der Waals surface area contributed by atoms with Gasteiger partial charge in [0.15, 0.2) is 0 Å². The maximum absolute atomic E-state index is 4.43. The van der Waals surface area contributed by atoms with Gasteiger partial charge in [-0.3, -0.25) is 0 Å². The Morgan fingerprint density at radius 2 is 1.92 bits per heavy atom. The highest BCUT2D eigenvalue weighted by atomic mass is 14.9. The molecule has 0 spiro atoms. The van der Waals surface area contributed by atoms with Gasteiger partial charge in [0.1, 0.15) is 5.82 Å². The smallest absolute Gasteiger partial charge is 0.131 e. The number of hydrogen-bond acceptors (Lipinski definition) is 2. The van der Waals surface area contributed by atoms with Crippen LogP contribution >= 0.6 is 0 Å². The van der Waals surface area contributed by atoms with Crippen molar-refractivity contribution in [1.29, 1.82) is 0 Å². The summed E-state index contributed by atoms with van der Waals surface area (Å²) in [7, 11) is 0. The normalized spacial score (nSPS) is 14.2. The summed E-state index contributed by atoms with van der Waals surface area (Å²) in [4.78, 5) is 8.72. The average Bonchev–Trinajstić information content (AvgIpc) is 2.01. The molecule has 0 aliphatic heterocycles. The standard InChI is InChI=1S/C11H18N2/c1-8-6-7-12-10(13-8)9(2)11(3,4)5/h6-7,9H,1-5H3. The van der Waals surface area contributed by atoms with E-state index in [0.717, 1.165) is 11.5 Å². The van der Waals surface area contributed by atoms with Crippen molar-refractivity contribution in [3.63, 3.8) is 0 Å². The molecule has 0 aliphatic rings. The van der Waals surface area contributed by atoms with E-state index in [1.165, 1.54) is 0 Å². The molecule has 2 heteroatoms. The zero-order valence-corrected chi connectivity index (χ0v) is 9.13. The molecule has 0 bridgehead atoms. The van der Waals surface area contributed by atoms with Crippen LogP contribution in [0.25, 0.3) is 0 Å². The fraction of sp³-hybridized carbons (Fsp3) is 0.636. The van der Waals surface area contributed by atoms with Gasteiger partial charge in [-0.05, 0) is 18.4 Å². The minimum atomic E-state index is 0.230. The van der Waals surface area contributed by atoms with Crippen molar-refractivity contribution in [3.05, 3.63) is 23.8 Å². The molecule has 1 aromatic rings. The number of aromatic nitrogens is 2. The predicted molar refractivity (Wildman–Crippen MR) is 54.6 cm³/mol. The van der Waals surface area contributed by atoms with Gasteiger partial charge in [0.25, 0.3) is 0 Å². The minimum absolute atomic E-state index is 0.230. The van der Waals surface area contributed by atoms with E-state index in [2.05, 4.69) is 37.7 Å². The molecule has 72 valence electrons. The van der Waals surface area contributed by atoms with Gasteiger partial charge in [-0.1, -0.05) is 27.7 Å². The van der Waals surface area contributed by atoms with Gasteiger partial charge in [-0.15, -0.1) is 0 Å². The van der Waals surface area contributed by atoms with Crippen LogP contribution in [0.1, 0.15) is 45.1 Å². The van der Waals surface area contributed by atoms with Gasteiger partial charge < -0.3 is 0 Å². The highest BCUT2D eigenvalue weighted by Crippen LogP contribution is 2.32. The Balaban J connectivity index is 2.96. The van der Waals surface area contributed by atoms with E-state index in [1.807, 2.05) is 19.2 Å². The molecule has 1 rings (SSSR count). The van der Waals surface area contributed by atoms with Crippen LogP contribution in [-0.2, 0) is 0 Å². The van der Waals surface area contributed by atoms with Crippen molar-refractivity contribution in [2.24, 2.45) is 5.41 Å². The van der Waals surface area contributed by atoms with E-state index < -0.39 is 0 Å². The second-order valence-electron chi connectivity index (χ2n) is 4.64. The summed E-state index contributed by atoms with van der Waals surface area (Å²) in [5.74, 6) is 1.35. The molecule has 0 amide bonds. The number of nitrogens with zero attached hydrogens (tertiary/aromatic N) is 2. The van der Waals surface area contributed by atoms with Gasteiger partial charge in [-0.2, -0.15) is 0 Å². The Labute approximate surface area is 80.4 Å². The Bertz CT molecular complexity index is 286. The molecule has 0 saturated carbocycles. The van der Waals surface area contributed by atoms with Crippen LogP contribution in [0.2, 0.25) is 0 Å². The van der Waals surface area contributed by atoms with Crippen LogP contribution < -0.4 is 0 Å². The second kappa shape index (κ2) is 3.44. The fourth-order valence-electron chi connectivity index (χ4n) is 1.06. The lowest BCUT2D eigenvalue weighted by molar-refractivity contribution is 0.327. The third-order valence-corrected chi connectivity index (χ3v) is 2.50. The van der Waals surface area contributed by atoms with E-state index in [-0.39, 0.29) is 5.41 Å². The van der Waals surface area contributed by atoms with E-state index >= 15 is 0 Å². The Morgan fingerprint density at radius 1 is 1.31 bits per heavy atom. The van der Waals surface area contributed by atoms with Crippen molar-refractivity contribution >= 4 is 0 Å². The molecule has 1 heterocycles. The van der Waals surface area contributed by atoms with Crippen molar-refractivity contribution in [3.8, 4) is 0 Å². The summed E-state index contributed by atoms with van der Waals surface area (Å²) >= 11 is 0. The first-order valence-corrected chi connectivity index (χ1v) is 4.71. The lowest BCUT2D eigenvalue weighted by Crippen LogP contribution is -2.17. The van der Waals surface area contributed by atoms with Crippen molar-refractivity contribution in [2.75, 3.05) is 0 Å². The van der Waals surface area contributed by atoms with Crippen LogP contribution in [-0.4, -0.2) is 9.97 Å². The Kier molecular flexibility index (Phi) is 2.69. The largest absolute Gasteiger partial charge is 0.241 e. The summed E-state index contributed by atoms with van der Waals surface area (Å²) in [5, 5.41) is 0. The van der Waals surface area contributed by atoms with Gasteiger partial charge in [0.2, 0.25) is 0 Å². The third-order valence-electron chi connectivity index (χ3n) is 2.50. The number of aryl methyl sites for hydroxylation is 1. The summed E-state index contributed by atoms with van der Waals surface area (Å²) in [6, 6.07) is 1.93. The molecule has 1 atom stereocenters. The topological polar surface area (TPSA) is 25.8 Å². The first kappa shape index (κ1) is 10.2. The molecule has 0 aromatic carbocycles. The van der Waals surface area contributed by atoms with Crippen molar-refractivity contribution in [2.45, 2.75) is 40.5 Å². The zero-order valence-electron chi connectivity index (χ0n) is 9.13. The third kappa shape index (κ3) is 2.51. The number of hydrogen-bond donors (Lipinski definition) is 0. The SMILES string of the molecule is Cc1ccnc(C(C)C(C)(C)C)n1. The fourth-order valence-corrected chi connectivity index (χ4v) is 1.06. The van der Waals surface area contributed by atoms with Crippen molar-refractivity contribution < 1.29 is 0 Å². The van der Waals surface area contributed by atoms with Crippen LogP contribution in [0.3, 0.4) is 0 Å². The molecule has 0 saturated heterocycles. The summed E-state index contributed by atoms with van der Waals surface area (Å²) < 4.78 is 0. The van der Waals surface area contributed by atoms with E-state index in [0.29, 0.717) is 5.92 Å². The van der Waals surface area contributed by atoms with Gasteiger partial charge in [0.05, 0.1) is 0 Å². The highest BCUT2D eigenvalue weighted by molar-refractivity contribution is 5.05. The maximum atomic E-state index is 4.43. The molecule has 13 heavy (non-hydrogen) atoms. The van der Waals surface area contributed by atoms with Crippen molar-refractivity contribution in [1.82, 2.24) is 9.97 Å².